The van der Waals surface area contributed by atoms with E-state index in [2.05, 4.69) is 52.0 Å². The molecular formula is C23H29BrN2O3. The molecule has 5 nitrogen and oxygen atoms in total. The largest absolute Gasteiger partial charge is 0.495 e. The number of rotatable bonds is 7. The highest BCUT2D eigenvalue weighted by atomic mass is 79.9. The van der Waals surface area contributed by atoms with Gasteiger partial charge >= 0.3 is 0 Å². The molecule has 0 unspecified atom stereocenters. The molecule has 0 bridgehead atoms. The lowest BCUT2D eigenvalue weighted by molar-refractivity contribution is 0.0688. The molecule has 2 aromatic rings. The number of likely N-dealkylation sites (tertiary alicyclic amines) is 1. The predicted octanol–water partition coefficient (Wildman–Crippen LogP) is 4.76. The summed E-state index contributed by atoms with van der Waals surface area (Å²) >= 11 is 3.47. The van der Waals surface area contributed by atoms with E-state index < -0.39 is 0 Å². The van der Waals surface area contributed by atoms with Crippen LogP contribution in [0.15, 0.2) is 46.9 Å². The van der Waals surface area contributed by atoms with Crippen molar-refractivity contribution in [3.63, 3.8) is 0 Å². The van der Waals surface area contributed by atoms with E-state index in [0.29, 0.717) is 34.1 Å². The van der Waals surface area contributed by atoms with Crippen LogP contribution in [0.5, 0.6) is 11.5 Å². The molecule has 0 spiro atoms. The SMILES string of the molecule is CCN(C(=O)c1cc(OC)c(Br)c(OC)c1)[C@@H]1CCN([C@H](C)c2ccccc2)C1. The standard InChI is InChI=1S/C23H29BrN2O3/c1-5-26(23(27)18-13-20(28-3)22(24)21(14-18)29-4)19-11-12-25(15-19)16(2)17-9-7-6-8-10-17/h6-10,13-14,16,19H,5,11-12,15H2,1-4H3/t16-,19-/m1/s1. The molecule has 1 heterocycles. The van der Waals surface area contributed by atoms with Crippen LogP contribution in [-0.2, 0) is 0 Å². The number of methoxy groups -OCH3 is 2. The minimum Gasteiger partial charge on any atom is -0.495 e. The van der Waals surface area contributed by atoms with Gasteiger partial charge in [-0.2, -0.15) is 0 Å². The molecule has 1 aliphatic rings. The molecule has 3 rings (SSSR count). The summed E-state index contributed by atoms with van der Waals surface area (Å²) in [5, 5.41) is 0. The summed E-state index contributed by atoms with van der Waals surface area (Å²) in [6.45, 7) is 6.80. The number of carbonyl (C=O) groups is 1. The molecule has 0 saturated carbocycles. The van der Waals surface area contributed by atoms with Gasteiger partial charge in [-0.05, 0) is 53.9 Å². The summed E-state index contributed by atoms with van der Waals surface area (Å²) in [5.41, 5.74) is 1.89. The number of benzene rings is 2. The number of nitrogens with zero attached hydrogens (tertiary/aromatic N) is 2. The Kier molecular flexibility index (Phi) is 7.19. The summed E-state index contributed by atoms with van der Waals surface area (Å²) in [5.74, 6) is 1.19. The topological polar surface area (TPSA) is 42.0 Å². The summed E-state index contributed by atoms with van der Waals surface area (Å²) in [4.78, 5) is 17.8. The van der Waals surface area contributed by atoms with Gasteiger partial charge in [0.2, 0.25) is 0 Å². The predicted molar refractivity (Wildman–Crippen MR) is 119 cm³/mol. The monoisotopic (exact) mass is 460 g/mol. The third kappa shape index (κ3) is 4.59. The van der Waals surface area contributed by atoms with Crippen molar-refractivity contribution in [3.05, 3.63) is 58.1 Å². The number of halogens is 1. The second-order valence-electron chi connectivity index (χ2n) is 7.31. The fourth-order valence-corrected chi connectivity index (χ4v) is 4.60. The molecular weight excluding hydrogens is 432 g/mol. The second-order valence-corrected chi connectivity index (χ2v) is 8.10. The number of carbonyl (C=O) groups excluding carboxylic acids is 1. The van der Waals surface area contributed by atoms with E-state index in [0.717, 1.165) is 19.5 Å². The van der Waals surface area contributed by atoms with E-state index in [9.17, 15) is 4.79 Å². The fraction of sp³-hybridized carbons (Fsp3) is 0.435. The van der Waals surface area contributed by atoms with Crippen LogP contribution in [0.3, 0.4) is 0 Å². The molecule has 0 N–H and O–H groups in total. The lowest BCUT2D eigenvalue weighted by Crippen LogP contribution is -2.42. The van der Waals surface area contributed by atoms with Crippen molar-refractivity contribution >= 4 is 21.8 Å². The molecule has 1 amide bonds. The third-order valence-corrected chi connectivity index (χ3v) is 6.54. The Morgan fingerprint density at radius 1 is 1.21 bits per heavy atom. The van der Waals surface area contributed by atoms with Gasteiger partial charge in [0, 0.05) is 37.3 Å². The zero-order valence-corrected chi connectivity index (χ0v) is 19.1. The van der Waals surface area contributed by atoms with Gasteiger partial charge in [0.05, 0.1) is 14.2 Å². The van der Waals surface area contributed by atoms with E-state index >= 15 is 0 Å². The zero-order chi connectivity index (χ0) is 21.0. The van der Waals surface area contributed by atoms with Gasteiger partial charge in [-0.3, -0.25) is 9.69 Å². The van der Waals surface area contributed by atoms with Crippen molar-refractivity contribution in [1.29, 1.82) is 0 Å². The van der Waals surface area contributed by atoms with Crippen molar-refractivity contribution in [3.8, 4) is 11.5 Å². The summed E-state index contributed by atoms with van der Waals surface area (Å²) in [6, 6.07) is 14.6. The lowest BCUT2D eigenvalue weighted by atomic mass is 10.1. The molecule has 0 aliphatic carbocycles. The van der Waals surface area contributed by atoms with Gasteiger partial charge in [-0.15, -0.1) is 0 Å². The Morgan fingerprint density at radius 2 is 1.83 bits per heavy atom. The maximum absolute atomic E-state index is 13.3. The molecule has 2 atom stereocenters. The molecule has 2 aromatic carbocycles. The minimum absolute atomic E-state index is 0.0100. The highest BCUT2D eigenvalue weighted by molar-refractivity contribution is 9.10. The van der Waals surface area contributed by atoms with Crippen molar-refractivity contribution in [2.75, 3.05) is 33.9 Å². The van der Waals surface area contributed by atoms with Crippen LogP contribution in [0.4, 0.5) is 0 Å². The molecule has 6 heteroatoms. The first-order chi connectivity index (χ1) is 14.0. The summed E-state index contributed by atoms with van der Waals surface area (Å²) < 4.78 is 11.5. The van der Waals surface area contributed by atoms with Crippen LogP contribution >= 0.6 is 15.9 Å². The number of hydrogen-bond acceptors (Lipinski definition) is 4. The van der Waals surface area contributed by atoms with Crippen LogP contribution in [-0.4, -0.2) is 55.6 Å². The molecule has 1 saturated heterocycles. The lowest BCUT2D eigenvalue weighted by Gasteiger charge is -2.30. The highest BCUT2D eigenvalue weighted by Crippen LogP contribution is 2.36. The first-order valence-corrected chi connectivity index (χ1v) is 10.8. The third-order valence-electron chi connectivity index (χ3n) is 5.76. The molecule has 1 aliphatic heterocycles. The first-order valence-electron chi connectivity index (χ1n) is 10.0. The Morgan fingerprint density at radius 3 is 2.38 bits per heavy atom. The highest BCUT2D eigenvalue weighted by Gasteiger charge is 2.33. The Balaban J connectivity index is 1.77. The Hall–Kier alpha value is -2.05. The number of ether oxygens (including phenoxy) is 2. The molecule has 1 fully saturated rings. The molecule has 156 valence electrons. The van der Waals surface area contributed by atoms with Crippen LogP contribution in [0.2, 0.25) is 0 Å². The number of hydrogen-bond donors (Lipinski definition) is 0. The number of likely N-dealkylation sites (N-methyl/N-ethyl adjacent to an activating group) is 1. The quantitative estimate of drug-likeness (QED) is 0.596. The van der Waals surface area contributed by atoms with E-state index in [1.165, 1.54) is 5.56 Å². The summed E-state index contributed by atoms with van der Waals surface area (Å²) in [6.07, 6.45) is 0.974. The molecule has 0 radical (unpaired) electrons. The van der Waals surface area contributed by atoms with Crippen LogP contribution in [0.1, 0.15) is 42.2 Å². The average molecular weight is 461 g/mol. The van der Waals surface area contributed by atoms with Gasteiger partial charge < -0.3 is 14.4 Å². The Bertz CT molecular complexity index is 818. The van der Waals surface area contributed by atoms with Crippen LogP contribution in [0, 0.1) is 0 Å². The minimum atomic E-state index is 0.0100. The maximum Gasteiger partial charge on any atom is 0.254 e. The Labute approximate surface area is 181 Å². The molecule has 29 heavy (non-hydrogen) atoms. The van der Waals surface area contributed by atoms with Crippen molar-refractivity contribution in [2.24, 2.45) is 0 Å². The zero-order valence-electron chi connectivity index (χ0n) is 17.5. The van der Waals surface area contributed by atoms with Crippen molar-refractivity contribution < 1.29 is 14.3 Å². The van der Waals surface area contributed by atoms with Crippen LogP contribution in [0.25, 0.3) is 0 Å². The van der Waals surface area contributed by atoms with Gasteiger partial charge in [-0.1, -0.05) is 30.3 Å². The van der Waals surface area contributed by atoms with Gasteiger partial charge in [0.1, 0.15) is 16.0 Å². The van der Waals surface area contributed by atoms with E-state index in [1.807, 2.05) is 17.9 Å². The van der Waals surface area contributed by atoms with E-state index in [4.69, 9.17) is 9.47 Å². The van der Waals surface area contributed by atoms with Gasteiger partial charge in [0.25, 0.3) is 5.91 Å². The summed E-state index contributed by atoms with van der Waals surface area (Å²) in [7, 11) is 3.18. The van der Waals surface area contributed by atoms with E-state index in [-0.39, 0.29) is 11.9 Å². The van der Waals surface area contributed by atoms with Crippen molar-refractivity contribution in [2.45, 2.75) is 32.4 Å². The normalized spacial score (nSPS) is 17.8. The second kappa shape index (κ2) is 9.63. The van der Waals surface area contributed by atoms with Gasteiger partial charge in [0.15, 0.2) is 0 Å². The molecule has 0 aromatic heterocycles. The average Bonchev–Trinajstić information content (AvgIpc) is 3.24. The van der Waals surface area contributed by atoms with E-state index in [1.54, 1.807) is 26.4 Å². The first kappa shape index (κ1) is 21.7. The van der Waals surface area contributed by atoms with Crippen LogP contribution < -0.4 is 9.47 Å². The maximum atomic E-state index is 13.3. The smallest absolute Gasteiger partial charge is 0.254 e. The fourth-order valence-electron chi connectivity index (χ4n) is 4.04. The van der Waals surface area contributed by atoms with Gasteiger partial charge in [-0.25, -0.2) is 0 Å². The van der Waals surface area contributed by atoms with Crippen molar-refractivity contribution in [1.82, 2.24) is 9.80 Å². The number of amides is 1.